The number of hydrogen-bond donors (Lipinski definition) is 0. The van der Waals surface area contributed by atoms with E-state index in [0.29, 0.717) is 0 Å². The number of rotatable bonds is 0. The Bertz CT molecular complexity index is 292. The van der Waals surface area contributed by atoms with Crippen LogP contribution in [0.25, 0.3) is 0 Å². The van der Waals surface area contributed by atoms with Crippen molar-refractivity contribution in [3.63, 3.8) is 0 Å². The molecule has 74 valence electrons. The number of allylic oxidation sites excluding steroid dienone is 3. The molecule has 0 N–H and O–H groups in total. The van der Waals surface area contributed by atoms with Crippen LogP contribution in [0, 0.1) is 0 Å². The Morgan fingerprint density at radius 3 is 1.85 bits per heavy atom. The molecule has 1 rings (SSSR count). The first kappa shape index (κ1) is 10.4. The van der Waals surface area contributed by atoms with Gasteiger partial charge >= 0.3 is 0 Å². The summed E-state index contributed by atoms with van der Waals surface area (Å²) in [5.41, 5.74) is 5.94. The summed E-state index contributed by atoms with van der Waals surface area (Å²) in [7, 11) is 2.18. The third-order valence-corrected chi connectivity index (χ3v) is 3.93. The Hall–Kier alpha value is -0.720. The molecule has 0 fully saturated rings. The third-order valence-electron chi connectivity index (χ3n) is 3.93. The average Bonchev–Trinajstić information content (AvgIpc) is 2.09. The summed E-state index contributed by atoms with van der Waals surface area (Å²) in [5.74, 6) is 0. The Morgan fingerprint density at radius 2 is 1.38 bits per heavy atom. The van der Waals surface area contributed by atoms with Gasteiger partial charge in [-0.2, -0.15) is 0 Å². The van der Waals surface area contributed by atoms with Crippen LogP contribution in [0.15, 0.2) is 22.4 Å². The van der Waals surface area contributed by atoms with Crippen LogP contribution in [0.5, 0.6) is 0 Å². The van der Waals surface area contributed by atoms with Crippen LogP contribution in [-0.2, 0) is 0 Å². The highest BCUT2D eigenvalue weighted by Crippen LogP contribution is 2.36. The van der Waals surface area contributed by atoms with Gasteiger partial charge in [-0.25, -0.2) is 0 Å². The van der Waals surface area contributed by atoms with Crippen molar-refractivity contribution in [3.05, 3.63) is 22.4 Å². The highest BCUT2D eigenvalue weighted by molar-refractivity contribution is 5.43. The number of nitrogens with zero attached hydrogens (tertiary/aromatic N) is 1. The van der Waals surface area contributed by atoms with Gasteiger partial charge in [0.15, 0.2) is 0 Å². The molecule has 0 saturated heterocycles. The Kier molecular flexibility index (Phi) is 2.31. The second-order valence-corrected chi connectivity index (χ2v) is 4.58. The van der Waals surface area contributed by atoms with Gasteiger partial charge < -0.3 is 4.90 Å². The number of likely N-dealkylation sites (N-methyl/N-ethyl adjacent to an activating group) is 1. The lowest BCUT2D eigenvalue weighted by molar-refractivity contribution is 0.237. The molecule has 0 saturated carbocycles. The van der Waals surface area contributed by atoms with E-state index < -0.39 is 0 Å². The van der Waals surface area contributed by atoms with Gasteiger partial charge in [-0.05, 0) is 58.3 Å². The molecule has 0 aromatic carbocycles. The van der Waals surface area contributed by atoms with E-state index in [2.05, 4.69) is 53.5 Å². The largest absolute Gasteiger partial charge is 0.369 e. The van der Waals surface area contributed by atoms with Crippen molar-refractivity contribution in [2.75, 3.05) is 7.05 Å². The first-order valence-electron chi connectivity index (χ1n) is 4.89. The van der Waals surface area contributed by atoms with Crippen LogP contribution >= 0.6 is 0 Å². The topological polar surface area (TPSA) is 3.24 Å². The first-order chi connectivity index (χ1) is 5.80. The summed E-state index contributed by atoms with van der Waals surface area (Å²) in [4.78, 5) is 2.37. The minimum atomic E-state index is 0.174. The van der Waals surface area contributed by atoms with Crippen molar-refractivity contribution < 1.29 is 0 Å². The lowest BCUT2D eigenvalue weighted by Crippen LogP contribution is -2.44. The van der Waals surface area contributed by atoms with Crippen molar-refractivity contribution in [2.24, 2.45) is 0 Å². The van der Waals surface area contributed by atoms with Crippen molar-refractivity contribution in [3.8, 4) is 0 Å². The molecule has 0 unspecified atom stereocenters. The van der Waals surface area contributed by atoms with Crippen LogP contribution in [0.4, 0.5) is 0 Å². The molecule has 0 spiro atoms. The maximum atomic E-state index is 2.37. The normalized spacial score (nSPS) is 22.8. The van der Waals surface area contributed by atoms with E-state index in [9.17, 15) is 0 Å². The fraction of sp³-hybridized carbons (Fsp3) is 0.667. The van der Waals surface area contributed by atoms with Crippen LogP contribution in [0.2, 0.25) is 0 Å². The zero-order chi connectivity index (χ0) is 10.4. The SMILES string of the molecule is CC1=C(C)N(C)C(C)(C)C(C)=C1C. The second kappa shape index (κ2) is 2.90. The minimum Gasteiger partial charge on any atom is -0.369 e. The maximum Gasteiger partial charge on any atom is 0.0554 e. The maximum absolute atomic E-state index is 2.37. The molecular weight excluding hydrogens is 158 g/mol. The van der Waals surface area contributed by atoms with E-state index in [4.69, 9.17) is 0 Å². The summed E-state index contributed by atoms with van der Waals surface area (Å²) in [5, 5.41) is 0. The summed E-state index contributed by atoms with van der Waals surface area (Å²) < 4.78 is 0. The van der Waals surface area contributed by atoms with Crippen molar-refractivity contribution in [1.82, 2.24) is 4.90 Å². The molecule has 13 heavy (non-hydrogen) atoms. The second-order valence-electron chi connectivity index (χ2n) is 4.58. The van der Waals surface area contributed by atoms with Crippen LogP contribution in [0.3, 0.4) is 0 Å². The zero-order valence-electron chi connectivity index (χ0n) is 9.95. The molecule has 0 radical (unpaired) electrons. The van der Waals surface area contributed by atoms with E-state index in [1.807, 2.05) is 0 Å². The summed E-state index contributed by atoms with van der Waals surface area (Å²) in [6.45, 7) is 13.4. The van der Waals surface area contributed by atoms with Gasteiger partial charge in [0.2, 0.25) is 0 Å². The molecule has 0 aromatic heterocycles. The molecule has 1 heteroatoms. The first-order valence-corrected chi connectivity index (χ1v) is 4.89. The molecule has 0 atom stereocenters. The van der Waals surface area contributed by atoms with E-state index in [1.54, 1.807) is 0 Å². The molecular formula is C12H21N. The van der Waals surface area contributed by atoms with Crippen LogP contribution in [-0.4, -0.2) is 17.5 Å². The summed E-state index contributed by atoms with van der Waals surface area (Å²) >= 11 is 0. The van der Waals surface area contributed by atoms with Gasteiger partial charge in [0.25, 0.3) is 0 Å². The molecule has 1 aliphatic heterocycles. The molecule has 0 aliphatic carbocycles. The van der Waals surface area contributed by atoms with Crippen molar-refractivity contribution >= 4 is 0 Å². The Morgan fingerprint density at radius 1 is 0.923 bits per heavy atom. The fourth-order valence-corrected chi connectivity index (χ4v) is 1.93. The van der Waals surface area contributed by atoms with Gasteiger partial charge in [0.1, 0.15) is 0 Å². The van der Waals surface area contributed by atoms with E-state index in [-0.39, 0.29) is 5.54 Å². The van der Waals surface area contributed by atoms with Crippen LogP contribution < -0.4 is 0 Å². The molecule has 0 aromatic rings. The molecule has 1 aliphatic rings. The standard InChI is InChI=1S/C12H21N/c1-8-9(2)11(4)13(7)12(5,6)10(8)3/h1-7H3. The summed E-state index contributed by atoms with van der Waals surface area (Å²) in [6.07, 6.45) is 0. The highest BCUT2D eigenvalue weighted by Gasteiger charge is 2.31. The van der Waals surface area contributed by atoms with Gasteiger partial charge in [0.05, 0.1) is 5.54 Å². The van der Waals surface area contributed by atoms with Crippen molar-refractivity contribution in [1.29, 1.82) is 0 Å². The predicted molar refractivity (Wildman–Crippen MR) is 58.6 cm³/mol. The molecule has 0 bridgehead atoms. The monoisotopic (exact) mass is 179 g/mol. The Labute approximate surface area is 82.1 Å². The van der Waals surface area contributed by atoms with Gasteiger partial charge in [-0.1, -0.05) is 0 Å². The zero-order valence-corrected chi connectivity index (χ0v) is 9.95. The summed E-state index contributed by atoms with van der Waals surface area (Å²) in [6, 6.07) is 0. The molecule has 1 nitrogen and oxygen atoms in total. The highest BCUT2D eigenvalue weighted by atomic mass is 15.2. The van der Waals surface area contributed by atoms with E-state index in [0.717, 1.165) is 0 Å². The minimum absolute atomic E-state index is 0.174. The third kappa shape index (κ3) is 1.31. The quantitative estimate of drug-likeness (QED) is 0.551. The fourth-order valence-electron chi connectivity index (χ4n) is 1.93. The van der Waals surface area contributed by atoms with Crippen molar-refractivity contribution in [2.45, 2.75) is 47.1 Å². The number of hydrogen-bond acceptors (Lipinski definition) is 1. The Balaban J connectivity index is 3.32. The van der Waals surface area contributed by atoms with Gasteiger partial charge in [0, 0.05) is 12.7 Å². The lowest BCUT2D eigenvalue weighted by atomic mass is 9.83. The molecule has 1 heterocycles. The van der Waals surface area contributed by atoms with E-state index in [1.165, 1.54) is 22.4 Å². The lowest BCUT2D eigenvalue weighted by Gasteiger charge is -2.44. The smallest absolute Gasteiger partial charge is 0.0554 e. The van der Waals surface area contributed by atoms with Gasteiger partial charge in [-0.3, -0.25) is 0 Å². The molecule has 0 amide bonds. The predicted octanol–water partition coefficient (Wildman–Crippen LogP) is 3.34. The average molecular weight is 179 g/mol. The van der Waals surface area contributed by atoms with Crippen LogP contribution in [0.1, 0.15) is 41.5 Å². The van der Waals surface area contributed by atoms with Gasteiger partial charge in [-0.15, -0.1) is 0 Å². The van der Waals surface area contributed by atoms with E-state index >= 15 is 0 Å².